The summed E-state index contributed by atoms with van der Waals surface area (Å²) in [7, 11) is 0. The van der Waals surface area contributed by atoms with Gasteiger partial charge in [0.2, 0.25) is 5.95 Å². The Morgan fingerprint density at radius 3 is 2.75 bits per heavy atom. The normalized spacial score (nSPS) is 10.8. The molecule has 12 heavy (non-hydrogen) atoms. The molecule has 1 aromatic rings. The van der Waals surface area contributed by atoms with Gasteiger partial charge in [-0.3, -0.25) is 0 Å². The van der Waals surface area contributed by atoms with Gasteiger partial charge < -0.3 is 0 Å². The second kappa shape index (κ2) is 3.94. The van der Waals surface area contributed by atoms with Gasteiger partial charge in [-0.05, 0) is 21.8 Å². The van der Waals surface area contributed by atoms with E-state index in [1.165, 1.54) is 6.20 Å². The zero-order valence-electron chi connectivity index (χ0n) is 7.01. The van der Waals surface area contributed by atoms with Crippen LogP contribution in [-0.4, -0.2) is 9.97 Å². The van der Waals surface area contributed by atoms with E-state index in [1.54, 1.807) is 0 Å². The predicted octanol–water partition coefficient (Wildman–Crippen LogP) is 2.58. The topological polar surface area (TPSA) is 25.8 Å². The van der Waals surface area contributed by atoms with Gasteiger partial charge in [-0.2, -0.15) is 4.39 Å². The van der Waals surface area contributed by atoms with Crippen molar-refractivity contribution in [3.05, 3.63) is 22.4 Å². The van der Waals surface area contributed by atoms with Crippen LogP contribution in [0.2, 0.25) is 0 Å². The first kappa shape index (κ1) is 9.58. The van der Waals surface area contributed by atoms with Crippen molar-refractivity contribution in [3.8, 4) is 0 Å². The molecule has 0 aliphatic heterocycles. The minimum atomic E-state index is -0.486. The molecule has 0 aliphatic rings. The van der Waals surface area contributed by atoms with E-state index in [0.29, 0.717) is 22.6 Å². The summed E-state index contributed by atoms with van der Waals surface area (Å²) < 4.78 is 13.1. The van der Waals surface area contributed by atoms with Gasteiger partial charge in [0.15, 0.2) is 0 Å². The first-order valence-corrected chi connectivity index (χ1v) is 4.56. The van der Waals surface area contributed by atoms with E-state index in [0.717, 1.165) is 0 Å². The molecule has 1 aromatic heterocycles. The predicted molar refractivity (Wildman–Crippen MR) is 48.2 cm³/mol. The van der Waals surface area contributed by atoms with E-state index in [9.17, 15) is 4.39 Å². The molecule has 0 saturated carbocycles. The molecule has 0 atom stereocenters. The summed E-state index contributed by atoms with van der Waals surface area (Å²) in [6.45, 7) is 4.09. The average Bonchev–Trinajstić information content (AvgIpc) is 1.96. The van der Waals surface area contributed by atoms with Crippen molar-refractivity contribution in [2.24, 2.45) is 5.92 Å². The summed E-state index contributed by atoms with van der Waals surface area (Å²) in [5, 5.41) is 0. The van der Waals surface area contributed by atoms with E-state index in [4.69, 9.17) is 0 Å². The van der Waals surface area contributed by atoms with Crippen LogP contribution in [-0.2, 0) is 6.42 Å². The van der Waals surface area contributed by atoms with Gasteiger partial charge in [0.1, 0.15) is 5.82 Å². The van der Waals surface area contributed by atoms with Crippen LogP contribution < -0.4 is 0 Å². The summed E-state index contributed by atoms with van der Waals surface area (Å²) in [5.74, 6) is 0.525. The van der Waals surface area contributed by atoms with Crippen LogP contribution in [0.5, 0.6) is 0 Å². The number of hydrogen-bond donors (Lipinski definition) is 0. The number of halogens is 2. The molecular weight excluding hydrogens is 223 g/mol. The van der Waals surface area contributed by atoms with E-state index in [2.05, 4.69) is 25.9 Å². The molecule has 0 unspecified atom stereocenters. The fourth-order valence-electron chi connectivity index (χ4n) is 0.844. The fourth-order valence-corrected chi connectivity index (χ4v) is 1.03. The lowest BCUT2D eigenvalue weighted by molar-refractivity contribution is 0.544. The molecule has 0 bridgehead atoms. The first-order chi connectivity index (χ1) is 5.59. The number of rotatable bonds is 2. The van der Waals surface area contributed by atoms with Crippen molar-refractivity contribution < 1.29 is 4.39 Å². The SMILES string of the molecule is CC(C)Cc1ncc(Br)c(F)n1. The second-order valence-electron chi connectivity index (χ2n) is 3.02. The lowest BCUT2D eigenvalue weighted by Crippen LogP contribution is -2.02. The number of nitrogens with zero attached hydrogens (tertiary/aromatic N) is 2. The zero-order valence-corrected chi connectivity index (χ0v) is 8.60. The monoisotopic (exact) mass is 232 g/mol. The van der Waals surface area contributed by atoms with Crippen LogP contribution >= 0.6 is 15.9 Å². The van der Waals surface area contributed by atoms with E-state index in [1.807, 2.05) is 13.8 Å². The van der Waals surface area contributed by atoms with Crippen molar-refractivity contribution in [3.63, 3.8) is 0 Å². The molecule has 0 fully saturated rings. The highest BCUT2D eigenvalue weighted by molar-refractivity contribution is 9.10. The molecule has 66 valence electrons. The standard InChI is InChI=1S/C8H10BrFN2/c1-5(2)3-7-11-4-6(9)8(10)12-7/h4-5H,3H2,1-2H3. The quantitative estimate of drug-likeness (QED) is 0.733. The van der Waals surface area contributed by atoms with Crippen LogP contribution in [0, 0.1) is 11.9 Å². The van der Waals surface area contributed by atoms with Crippen molar-refractivity contribution >= 4 is 15.9 Å². The molecule has 2 nitrogen and oxygen atoms in total. The van der Waals surface area contributed by atoms with Crippen molar-refractivity contribution in [1.29, 1.82) is 0 Å². The van der Waals surface area contributed by atoms with Gasteiger partial charge in [0.25, 0.3) is 0 Å². The molecule has 0 aromatic carbocycles. The smallest absolute Gasteiger partial charge is 0.230 e. The summed E-state index contributed by atoms with van der Waals surface area (Å²) in [6.07, 6.45) is 2.16. The molecule has 0 amide bonds. The zero-order chi connectivity index (χ0) is 9.14. The molecule has 1 heterocycles. The average molecular weight is 233 g/mol. The molecule has 0 spiro atoms. The molecule has 0 saturated heterocycles. The minimum absolute atomic E-state index is 0.315. The molecular formula is C8H10BrFN2. The van der Waals surface area contributed by atoms with Crippen molar-refractivity contribution in [1.82, 2.24) is 9.97 Å². The van der Waals surface area contributed by atoms with Gasteiger partial charge in [-0.15, -0.1) is 0 Å². The maximum atomic E-state index is 12.8. The van der Waals surface area contributed by atoms with Gasteiger partial charge in [0, 0.05) is 12.6 Å². The van der Waals surface area contributed by atoms with Crippen LogP contribution in [0.25, 0.3) is 0 Å². The molecule has 0 N–H and O–H groups in total. The maximum absolute atomic E-state index is 12.8. The summed E-state index contributed by atoms with van der Waals surface area (Å²) in [6, 6.07) is 0. The largest absolute Gasteiger partial charge is 0.240 e. The van der Waals surface area contributed by atoms with E-state index < -0.39 is 5.95 Å². The Bertz CT molecular complexity index is 276. The fraction of sp³-hybridized carbons (Fsp3) is 0.500. The summed E-state index contributed by atoms with van der Waals surface area (Å²) >= 11 is 3.00. The van der Waals surface area contributed by atoms with Gasteiger partial charge >= 0.3 is 0 Å². The Hall–Kier alpha value is -0.510. The van der Waals surface area contributed by atoms with Crippen LogP contribution in [0.15, 0.2) is 10.7 Å². The summed E-state index contributed by atoms with van der Waals surface area (Å²) in [5.41, 5.74) is 0. The van der Waals surface area contributed by atoms with Crippen molar-refractivity contribution in [2.75, 3.05) is 0 Å². The Kier molecular flexibility index (Phi) is 3.14. The van der Waals surface area contributed by atoms with Crippen LogP contribution in [0.4, 0.5) is 4.39 Å². The highest BCUT2D eigenvalue weighted by Crippen LogP contribution is 2.12. The van der Waals surface area contributed by atoms with Crippen molar-refractivity contribution in [2.45, 2.75) is 20.3 Å². The third-order valence-electron chi connectivity index (χ3n) is 1.34. The first-order valence-electron chi connectivity index (χ1n) is 3.76. The number of aromatic nitrogens is 2. The van der Waals surface area contributed by atoms with E-state index >= 15 is 0 Å². The second-order valence-corrected chi connectivity index (χ2v) is 3.88. The number of hydrogen-bond acceptors (Lipinski definition) is 2. The van der Waals surface area contributed by atoms with Gasteiger partial charge in [-0.1, -0.05) is 13.8 Å². The van der Waals surface area contributed by atoms with Crippen LogP contribution in [0.3, 0.4) is 0 Å². The highest BCUT2D eigenvalue weighted by atomic mass is 79.9. The molecule has 4 heteroatoms. The Labute approximate surface area is 79.4 Å². The molecule has 0 radical (unpaired) electrons. The molecule has 0 aliphatic carbocycles. The Morgan fingerprint density at radius 1 is 1.58 bits per heavy atom. The highest BCUT2D eigenvalue weighted by Gasteiger charge is 2.05. The maximum Gasteiger partial charge on any atom is 0.230 e. The lowest BCUT2D eigenvalue weighted by Gasteiger charge is -2.02. The Balaban J connectivity index is 2.82. The van der Waals surface area contributed by atoms with Crippen LogP contribution in [0.1, 0.15) is 19.7 Å². The van der Waals surface area contributed by atoms with Gasteiger partial charge in [-0.25, -0.2) is 9.97 Å². The van der Waals surface area contributed by atoms with E-state index in [-0.39, 0.29) is 0 Å². The summed E-state index contributed by atoms with van der Waals surface area (Å²) in [4.78, 5) is 7.67. The minimum Gasteiger partial charge on any atom is -0.240 e. The van der Waals surface area contributed by atoms with Gasteiger partial charge in [0.05, 0.1) is 4.47 Å². The third kappa shape index (κ3) is 2.52. The third-order valence-corrected chi connectivity index (χ3v) is 1.87. The Morgan fingerprint density at radius 2 is 2.25 bits per heavy atom. The molecule has 1 rings (SSSR count). The lowest BCUT2D eigenvalue weighted by atomic mass is 10.1.